The Hall–Kier alpha value is -1.23. The molecule has 1 N–H and O–H groups in total. The van der Waals surface area contributed by atoms with Crippen molar-refractivity contribution in [2.24, 2.45) is 5.41 Å². The predicted molar refractivity (Wildman–Crippen MR) is 89.5 cm³/mol. The lowest BCUT2D eigenvalue weighted by molar-refractivity contribution is 0.270. The first-order valence-electron chi connectivity index (χ1n) is 8.00. The second-order valence-electron chi connectivity index (χ2n) is 6.66. The molecule has 1 atom stereocenters. The Morgan fingerprint density at radius 1 is 1.14 bits per heavy atom. The largest absolute Gasteiger partial charge is 0.316 e. The van der Waals surface area contributed by atoms with Crippen molar-refractivity contribution in [2.45, 2.75) is 19.4 Å². The highest BCUT2D eigenvalue weighted by molar-refractivity contribution is 7.15. The molecule has 0 radical (unpaired) electrons. The van der Waals surface area contributed by atoms with Crippen molar-refractivity contribution < 1.29 is 4.39 Å². The van der Waals surface area contributed by atoms with E-state index >= 15 is 0 Å². The van der Waals surface area contributed by atoms with Crippen molar-refractivity contribution in [1.29, 1.82) is 0 Å². The Balaban J connectivity index is 1.43. The molecule has 22 heavy (non-hydrogen) atoms. The zero-order valence-corrected chi connectivity index (χ0v) is 13.5. The highest BCUT2D eigenvalue weighted by atomic mass is 32.1. The van der Waals surface area contributed by atoms with Crippen molar-refractivity contribution >= 4 is 11.3 Å². The molecule has 0 bridgehead atoms. The normalized spacial score (nSPS) is 25.3. The molecule has 2 aliphatic heterocycles. The Morgan fingerprint density at radius 3 is 2.77 bits per heavy atom. The van der Waals surface area contributed by atoms with E-state index in [1.165, 1.54) is 60.9 Å². The zero-order chi connectivity index (χ0) is 15.0. The van der Waals surface area contributed by atoms with Crippen LogP contribution in [0.1, 0.15) is 17.7 Å². The molecule has 4 heteroatoms. The van der Waals surface area contributed by atoms with Crippen LogP contribution in [0.25, 0.3) is 10.4 Å². The number of halogens is 1. The molecule has 4 rings (SSSR count). The average Bonchev–Trinajstić information content (AvgIpc) is 3.24. The van der Waals surface area contributed by atoms with Crippen LogP contribution in [-0.4, -0.2) is 31.1 Å². The van der Waals surface area contributed by atoms with Crippen molar-refractivity contribution in [3.8, 4) is 10.4 Å². The zero-order valence-electron chi connectivity index (χ0n) is 12.6. The Labute approximate surface area is 135 Å². The molecule has 0 aliphatic carbocycles. The summed E-state index contributed by atoms with van der Waals surface area (Å²) in [5.74, 6) is -0.173. The van der Waals surface area contributed by atoms with E-state index in [0.717, 1.165) is 12.1 Å². The van der Waals surface area contributed by atoms with Crippen LogP contribution in [0.2, 0.25) is 0 Å². The molecule has 2 nitrogen and oxygen atoms in total. The van der Waals surface area contributed by atoms with Gasteiger partial charge in [-0.05, 0) is 61.2 Å². The third-order valence-electron chi connectivity index (χ3n) is 5.02. The summed E-state index contributed by atoms with van der Waals surface area (Å²) in [6.45, 7) is 5.86. The lowest BCUT2D eigenvalue weighted by atomic mass is 9.87. The highest BCUT2D eigenvalue weighted by Crippen LogP contribution is 2.37. The van der Waals surface area contributed by atoms with Gasteiger partial charge in [-0.25, -0.2) is 4.39 Å². The van der Waals surface area contributed by atoms with E-state index in [-0.39, 0.29) is 5.82 Å². The van der Waals surface area contributed by atoms with Gasteiger partial charge in [0.05, 0.1) is 0 Å². The molecule has 1 aromatic heterocycles. The van der Waals surface area contributed by atoms with Crippen LogP contribution in [0, 0.1) is 11.2 Å². The fraction of sp³-hybridized carbons (Fsp3) is 0.444. The van der Waals surface area contributed by atoms with Gasteiger partial charge in [-0.3, -0.25) is 4.90 Å². The molecular formula is C18H21FN2S. The molecule has 3 heterocycles. The maximum absolute atomic E-state index is 13.0. The summed E-state index contributed by atoms with van der Waals surface area (Å²) in [6, 6.07) is 11.2. The van der Waals surface area contributed by atoms with Gasteiger partial charge in [0.15, 0.2) is 0 Å². The number of nitrogens with one attached hydrogen (secondary N) is 1. The van der Waals surface area contributed by atoms with E-state index in [9.17, 15) is 4.39 Å². The maximum Gasteiger partial charge on any atom is 0.123 e. The van der Waals surface area contributed by atoms with Gasteiger partial charge in [0.1, 0.15) is 5.82 Å². The molecule has 2 aliphatic rings. The van der Waals surface area contributed by atoms with Crippen molar-refractivity contribution in [1.82, 2.24) is 10.2 Å². The molecule has 0 amide bonds. The van der Waals surface area contributed by atoms with Gasteiger partial charge < -0.3 is 5.32 Å². The first-order valence-corrected chi connectivity index (χ1v) is 8.82. The average molecular weight is 316 g/mol. The van der Waals surface area contributed by atoms with E-state index in [1.807, 2.05) is 23.5 Å². The van der Waals surface area contributed by atoms with Crippen molar-refractivity contribution in [3.63, 3.8) is 0 Å². The fourth-order valence-electron chi connectivity index (χ4n) is 3.76. The molecule has 2 aromatic rings. The molecular weight excluding hydrogens is 295 g/mol. The quantitative estimate of drug-likeness (QED) is 0.928. The minimum Gasteiger partial charge on any atom is -0.316 e. The van der Waals surface area contributed by atoms with Crippen LogP contribution >= 0.6 is 11.3 Å². The van der Waals surface area contributed by atoms with Crippen LogP contribution < -0.4 is 5.32 Å². The molecule has 1 unspecified atom stereocenters. The lowest BCUT2D eigenvalue weighted by Crippen LogP contribution is -2.28. The number of rotatable bonds is 3. The maximum atomic E-state index is 13.0. The fourth-order valence-corrected chi connectivity index (χ4v) is 4.81. The first-order chi connectivity index (χ1) is 10.7. The van der Waals surface area contributed by atoms with E-state index in [2.05, 4.69) is 22.3 Å². The molecule has 0 saturated carbocycles. The summed E-state index contributed by atoms with van der Waals surface area (Å²) in [5.41, 5.74) is 1.65. The number of hydrogen-bond acceptors (Lipinski definition) is 3. The van der Waals surface area contributed by atoms with Crippen molar-refractivity contribution in [3.05, 3.63) is 47.1 Å². The lowest BCUT2D eigenvalue weighted by Gasteiger charge is -2.22. The van der Waals surface area contributed by atoms with Crippen LogP contribution in [0.4, 0.5) is 4.39 Å². The second-order valence-corrected chi connectivity index (χ2v) is 7.83. The summed E-state index contributed by atoms with van der Waals surface area (Å²) in [5, 5.41) is 3.51. The third-order valence-corrected chi connectivity index (χ3v) is 6.14. The molecule has 1 aromatic carbocycles. The Morgan fingerprint density at radius 2 is 2.00 bits per heavy atom. The SMILES string of the molecule is Fc1ccc(-c2ccc(CN3CCC4(CCNC4)C3)s2)cc1. The van der Waals surface area contributed by atoms with Crippen LogP contribution in [-0.2, 0) is 6.54 Å². The standard InChI is InChI=1S/C18H21FN2S/c19-15-3-1-14(2-4-15)17-6-5-16(22-17)11-21-10-8-18(13-21)7-9-20-12-18/h1-6,20H,7-13H2. The van der Waals surface area contributed by atoms with E-state index < -0.39 is 0 Å². The van der Waals surface area contributed by atoms with Gasteiger partial charge in [0, 0.05) is 29.4 Å². The summed E-state index contributed by atoms with van der Waals surface area (Å²) < 4.78 is 13.0. The molecule has 2 saturated heterocycles. The predicted octanol–water partition coefficient (Wildman–Crippen LogP) is 3.74. The topological polar surface area (TPSA) is 15.3 Å². The summed E-state index contributed by atoms with van der Waals surface area (Å²) in [4.78, 5) is 5.22. The van der Waals surface area contributed by atoms with Crippen LogP contribution in [0.3, 0.4) is 0 Å². The van der Waals surface area contributed by atoms with E-state index in [0.29, 0.717) is 5.41 Å². The smallest absolute Gasteiger partial charge is 0.123 e. The Bertz CT molecular complexity index is 643. The van der Waals surface area contributed by atoms with Gasteiger partial charge in [-0.2, -0.15) is 0 Å². The van der Waals surface area contributed by atoms with E-state index in [4.69, 9.17) is 0 Å². The number of benzene rings is 1. The summed E-state index contributed by atoms with van der Waals surface area (Å²) >= 11 is 1.83. The van der Waals surface area contributed by atoms with Gasteiger partial charge in [-0.15, -0.1) is 11.3 Å². The number of nitrogens with zero attached hydrogens (tertiary/aromatic N) is 1. The number of likely N-dealkylation sites (tertiary alicyclic amines) is 1. The number of thiophene rings is 1. The van der Waals surface area contributed by atoms with Gasteiger partial charge >= 0.3 is 0 Å². The molecule has 116 valence electrons. The second kappa shape index (κ2) is 5.76. The van der Waals surface area contributed by atoms with Crippen LogP contribution in [0.15, 0.2) is 36.4 Å². The van der Waals surface area contributed by atoms with Crippen LogP contribution in [0.5, 0.6) is 0 Å². The Kier molecular flexibility index (Phi) is 3.76. The van der Waals surface area contributed by atoms with Gasteiger partial charge in [0.2, 0.25) is 0 Å². The highest BCUT2D eigenvalue weighted by Gasteiger charge is 2.40. The first kappa shape index (κ1) is 14.4. The number of hydrogen-bond donors (Lipinski definition) is 1. The summed E-state index contributed by atoms with van der Waals surface area (Å²) in [6.07, 6.45) is 2.66. The third kappa shape index (κ3) is 2.83. The monoisotopic (exact) mass is 316 g/mol. The molecule has 2 fully saturated rings. The summed E-state index contributed by atoms with van der Waals surface area (Å²) in [7, 11) is 0. The molecule has 1 spiro atoms. The van der Waals surface area contributed by atoms with Crippen molar-refractivity contribution in [2.75, 3.05) is 26.2 Å². The minimum atomic E-state index is -0.173. The van der Waals surface area contributed by atoms with E-state index in [1.54, 1.807) is 0 Å². The minimum absolute atomic E-state index is 0.173. The van der Waals surface area contributed by atoms with Gasteiger partial charge in [0.25, 0.3) is 0 Å². The van der Waals surface area contributed by atoms with Gasteiger partial charge in [-0.1, -0.05) is 12.1 Å².